The normalized spacial score (nSPS) is 11.9. The molecule has 6 nitrogen and oxygen atoms in total. The van der Waals surface area contributed by atoms with Crippen LogP contribution in [0, 0.1) is 6.92 Å². The minimum absolute atomic E-state index is 0.0470. The second kappa shape index (κ2) is 5.92. The molecule has 1 heterocycles. The molecule has 3 N–H and O–H groups in total. The number of nitrogens with zero attached hydrogens (tertiary/aromatic N) is 1. The van der Waals surface area contributed by atoms with Gasteiger partial charge in [-0.05, 0) is 31.5 Å². The molecule has 0 spiro atoms. The van der Waals surface area contributed by atoms with Gasteiger partial charge in [-0.1, -0.05) is 6.07 Å². The van der Waals surface area contributed by atoms with Crippen molar-refractivity contribution in [3.63, 3.8) is 0 Å². The van der Waals surface area contributed by atoms with Crippen molar-refractivity contribution in [1.82, 2.24) is 10.3 Å². The number of aromatic nitrogens is 1. The molecule has 0 fully saturated rings. The average molecular weight is 306 g/mol. The topological polar surface area (TPSA) is 99.5 Å². The summed E-state index contributed by atoms with van der Waals surface area (Å²) in [5.41, 5.74) is 0.972. The molecule has 1 aromatic carbocycles. The Kier molecular flexibility index (Phi) is 4.23. The van der Waals surface area contributed by atoms with E-state index in [9.17, 15) is 14.7 Å². The smallest absolute Gasteiger partial charge is 0.355 e. The van der Waals surface area contributed by atoms with Crippen molar-refractivity contribution in [2.45, 2.75) is 19.9 Å². The number of amides is 1. The van der Waals surface area contributed by atoms with Crippen LogP contribution in [0.25, 0.3) is 0 Å². The van der Waals surface area contributed by atoms with Crippen LogP contribution in [0.4, 0.5) is 0 Å². The number of carboxylic acid groups (broad SMARTS) is 1. The molecule has 21 heavy (non-hydrogen) atoms. The zero-order valence-electron chi connectivity index (χ0n) is 11.5. The van der Waals surface area contributed by atoms with Crippen molar-refractivity contribution in [2.75, 3.05) is 0 Å². The third-order valence-corrected chi connectivity index (χ3v) is 3.88. The lowest BCUT2D eigenvalue weighted by atomic mass is 10.1. The van der Waals surface area contributed by atoms with Gasteiger partial charge < -0.3 is 15.5 Å². The zero-order valence-corrected chi connectivity index (χ0v) is 12.3. The monoisotopic (exact) mass is 306 g/mol. The molecule has 1 unspecified atom stereocenters. The summed E-state index contributed by atoms with van der Waals surface area (Å²) in [7, 11) is 0. The van der Waals surface area contributed by atoms with Crippen molar-refractivity contribution in [3.05, 3.63) is 45.4 Å². The number of thiazole rings is 1. The third kappa shape index (κ3) is 3.38. The second-order valence-electron chi connectivity index (χ2n) is 4.59. The van der Waals surface area contributed by atoms with Gasteiger partial charge in [-0.25, -0.2) is 9.78 Å². The van der Waals surface area contributed by atoms with E-state index in [1.165, 1.54) is 17.5 Å². The molecule has 0 aliphatic carbocycles. The van der Waals surface area contributed by atoms with Gasteiger partial charge in [0.05, 0.1) is 11.6 Å². The van der Waals surface area contributed by atoms with Crippen LogP contribution in [0.1, 0.15) is 44.4 Å². The molecule has 0 saturated heterocycles. The Balaban J connectivity index is 2.12. The fourth-order valence-corrected chi connectivity index (χ4v) is 2.55. The van der Waals surface area contributed by atoms with E-state index in [1.54, 1.807) is 13.0 Å². The Morgan fingerprint density at radius 3 is 2.67 bits per heavy atom. The number of aromatic hydroxyl groups is 1. The van der Waals surface area contributed by atoms with Crippen molar-refractivity contribution in [2.24, 2.45) is 0 Å². The first-order valence-electron chi connectivity index (χ1n) is 6.17. The van der Waals surface area contributed by atoms with Crippen molar-refractivity contribution in [1.29, 1.82) is 0 Å². The number of rotatable bonds is 4. The quantitative estimate of drug-likeness (QED) is 0.805. The molecule has 0 aliphatic rings. The van der Waals surface area contributed by atoms with Gasteiger partial charge in [-0.3, -0.25) is 4.79 Å². The number of hydrogen-bond acceptors (Lipinski definition) is 5. The maximum atomic E-state index is 12.1. The standard InChI is InChI=1S/C14H14N2O4S/c1-7-3-4-9(11(17)5-7)12(18)15-8(2)13-16-10(6-21-13)14(19)20/h3-6,8,17H,1-2H3,(H,15,18)(H,19,20). The lowest BCUT2D eigenvalue weighted by molar-refractivity contribution is 0.0691. The van der Waals surface area contributed by atoms with Gasteiger partial charge in [0.2, 0.25) is 0 Å². The summed E-state index contributed by atoms with van der Waals surface area (Å²) in [5, 5.41) is 23.2. The number of aryl methyl sites for hydroxylation is 1. The van der Waals surface area contributed by atoms with Crippen LogP contribution in [0.15, 0.2) is 23.6 Å². The number of carboxylic acids is 1. The fraction of sp³-hybridized carbons (Fsp3) is 0.214. The Hall–Kier alpha value is -2.41. The highest BCUT2D eigenvalue weighted by Crippen LogP contribution is 2.21. The molecule has 0 aliphatic heterocycles. The predicted molar refractivity (Wildman–Crippen MR) is 77.8 cm³/mol. The van der Waals surface area contributed by atoms with Crippen LogP contribution < -0.4 is 5.32 Å². The maximum Gasteiger partial charge on any atom is 0.355 e. The van der Waals surface area contributed by atoms with Gasteiger partial charge in [-0.15, -0.1) is 11.3 Å². The first kappa shape index (κ1) is 15.0. The molecule has 1 aromatic heterocycles. The third-order valence-electron chi connectivity index (χ3n) is 2.86. The Morgan fingerprint density at radius 2 is 2.10 bits per heavy atom. The highest BCUT2D eigenvalue weighted by molar-refractivity contribution is 7.09. The number of hydrogen-bond donors (Lipinski definition) is 3. The van der Waals surface area contributed by atoms with Crippen LogP contribution in [-0.4, -0.2) is 27.1 Å². The summed E-state index contributed by atoms with van der Waals surface area (Å²) in [4.78, 5) is 26.8. The van der Waals surface area contributed by atoms with Crippen LogP contribution in [0.3, 0.4) is 0 Å². The van der Waals surface area contributed by atoms with Crippen LogP contribution in [0.5, 0.6) is 5.75 Å². The number of phenolic OH excluding ortho intramolecular Hbond substituents is 1. The molecule has 2 aromatic rings. The lowest BCUT2D eigenvalue weighted by Crippen LogP contribution is -2.26. The van der Waals surface area contributed by atoms with E-state index in [4.69, 9.17) is 5.11 Å². The van der Waals surface area contributed by atoms with Crippen molar-refractivity contribution < 1.29 is 19.8 Å². The van der Waals surface area contributed by atoms with E-state index < -0.39 is 17.9 Å². The summed E-state index contributed by atoms with van der Waals surface area (Å²) in [6, 6.07) is 4.32. The molecule has 1 atom stereocenters. The van der Waals surface area contributed by atoms with Crippen LogP contribution in [0.2, 0.25) is 0 Å². The van der Waals surface area contributed by atoms with Gasteiger partial charge in [0.15, 0.2) is 5.69 Å². The number of carbonyl (C=O) groups is 2. The van der Waals surface area contributed by atoms with E-state index in [1.807, 2.05) is 6.92 Å². The first-order chi connectivity index (χ1) is 9.88. The summed E-state index contributed by atoms with van der Waals surface area (Å²) < 4.78 is 0. The molecule has 2 rings (SSSR count). The number of phenols is 1. The van der Waals surface area contributed by atoms with Crippen LogP contribution in [-0.2, 0) is 0 Å². The molecular weight excluding hydrogens is 292 g/mol. The predicted octanol–water partition coefficient (Wildman–Crippen LogP) is 2.35. The molecule has 1 amide bonds. The number of carbonyl (C=O) groups excluding carboxylic acids is 1. The van der Waals surface area contributed by atoms with E-state index in [0.29, 0.717) is 5.01 Å². The number of benzene rings is 1. The van der Waals surface area contributed by atoms with E-state index in [2.05, 4.69) is 10.3 Å². The molecule has 0 radical (unpaired) electrons. The minimum atomic E-state index is -1.10. The van der Waals surface area contributed by atoms with E-state index >= 15 is 0 Å². The zero-order chi connectivity index (χ0) is 15.6. The largest absolute Gasteiger partial charge is 0.507 e. The van der Waals surface area contributed by atoms with Gasteiger partial charge >= 0.3 is 5.97 Å². The summed E-state index contributed by atoms with van der Waals surface area (Å²) >= 11 is 1.16. The summed E-state index contributed by atoms with van der Waals surface area (Å²) in [5.74, 6) is -1.63. The fourth-order valence-electron chi connectivity index (χ4n) is 1.75. The number of aromatic carboxylic acids is 1. The summed E-state index contributed by atoms with van der Waals surface area (Å²) in [6.07, 6.45) is 0. The molecule has 0 bridgehead atoms. The number of nitrogens with one attached hydrogen (secondary N) is 1. The van der Waals surface area contributed by atoms with Gasteiger partial charge in [0.1, 0.15) is 10.8 Å². The molecule has 110 valence electrons. The first-order valence-corrected chi connectivity index (χ1v) is 7.05. The molecule has 7 heteroatoms. The van der Waals surface area contributed by atoms with E-state index in [-0.39, 0.29) is 17.0 Å². The SMILES string of the molecule is Cc1ccc(C(=O)NC(C)c2nc(C(=O)O)cs2)c(O)c1. The van der Waals surface area contributed by atoms with Crippen molar-refractivity contribution in [3.8, 4) is 5.75 Å². The van der Waals surface area contributed by atoms with Gasteiger partial charge in [0, 0.05) is 5.38 Å². The Bertz CT molecular complexity index is 696. The Labute approximate surface area is 125 Å². The van der Waals surface area contributed by atoms with E-state index in [0.717, 1.165) is 16.9 Å². The highest BCUT2D eigenvalue weighted by atomic mass is 32.1. The summed E-state index contributed by atoms with van der Waals surface area (Å²) in [6.45, 7) is 3.51. The molecular formula is C14H14N2O4S. The van der Waals surface area contributed by atoms with Gasteiger partial charge in [-0.2, -0.15) is 0 Å². The second-order valence-corrected chi connectivity index (χ2v) is 5.48. The van der Waals surface area contributed by atoms with Gasteiger partial charge in [0.25, 0.3) is 5.91 Å². The van der Waals surface area contributed by atoms with Crippen LogP contribution >= 0.6 is 11.3 Å². The highest BCUT2D eigenvalue weighted by Gasteiger charge is 2.18. The minimum Gasteiger partial charge on any atom is -0.507 e. The maximum absolute atomic E-state index is 12.1. The van der Waals surface area contributed by atoms with Crippen molar-refractivity contribution >= 4 is 23.2 Å². The average Bonchev–Trinajstić information content (AvgIpc) is 2.88. The molecule has 0 saturated carbocycles. The lowest BCUT2D eigenvalue weighted by Gasteiger charge is -2.12. The Morgan fingerprint density at radius 1 is 1.38 bits per heavy atom.